The van der Waals surface area contributed by atoms with Crippen LogP contribution in [-0.4, -0.2) is 64.2 Å². The molecule has 2 heterocycles. The van der Waals surface area contributed by atoms with Crippen molar-refractivity contribution >= 4 is 42.4 Å². The third-order valence-corrected chi connectivity index (χ3v) is 6.33. The van der Waals surface area contributed by atoms with Crippen molar-refractivity contribution in [2.45, 2.75) is 45.2 Å². The Morgan fingerprint density at radius 1 is 1.19 bits per heavy atom. The normalized spacial score (nSPS) is 17.2. The summed E-state index contributed by atoms with van der Waals surface area (Å²) < 4.78 is 20.7. The van der Waals surface area contributed by atoms with E-state index in [0.717, 1.165) is 0 Å². The maximum atomic E-state index is 13.2. The first kappa shape index (κ1) is 28.2. The van der Waals surface area contributed by atoms with Gasteiger partial charge < -0.3 is 30.2 Å². The largest absolute Gasteiger partial charge is 0.527 e. The summed E-state index contributed by atoms with van der Waals surface area (Å²) in [6.45, 7) is 4.05. The van der Waals surface area contributed by atoms with Gasteiger partial charge in [0, 0.05) is 23.4 Å². The fourth-order valence-corrected chi connectivity index (χ4v) is 4.55. The summed E-state index contributed by atoms with van der Waals surface area (Å²) in [6, 6.07) is 4.25. The molecule has 3 amide bonds. The van der Waals surface area contributed by atoms with Crippen LogP contribution in [0, 0.1) is 11.8 Å². The highest BCUT2D eigenvalue weighted by molar-refractivity contribution is 7.46. The zero-order valence-electron chi connectivity index (χ0n) is 20.6. The number of amides is 3. The van der Waals surface area contributed by atoms with Crippen molar-refractivity contribution in [1.29, 1.82) is 0 Å². The molecular formula is C23H31N4O9P. The first-order valence-electron chi connectivity index (χ1n) is 11.7. The molecule has 1 aliphatic rings. The Morgan fingerprint density at radius 3 is 2.51 bits per heavy atom. The van der Waals surface area contributed by atoms with Crippen molar-refractivity contribution in [3.8, 4) is 5.75 Å². The van der Waals surface area contributed by atoms with Crippen LogP contribution >= 0.6 is 7.82 Å². The number of H-pyrrole nitrogens is 1. The van der Waals surface area contributed by atoms with E-state index in [0.29, 0.717) is 29.6 Å². The number of carbonyl (C=O) groups is 4. The van der Waals surface area contributed by atoms with Gasteiger partial charge in [-0.25, -0.2) is 9.36 Å². The zero-order valence-corrected chi connectivity index (χ0v) is 21.5. The predicted molar refractivity (Wildman–Crippen MR) is 131 cm³/mol. The third-order valence-electron chi connectivity index (χ3n) is 5.91. The van der Waals surface area contributed by atoms with Gasteiger partial charge in [-0.2, -0.15) is 0 Å². The summed E-state index contributed by atoms with van der Waals surface area (Å²) in [6.07, 6.45) is 0.357. The summed E-state index contributed by atoms with van der Waals surface area (Å²) in [4.78, 5) is 71.8. The van der Waals surface area contributed by atoms with Gasteiger partial charge in [-0.3, -0.25) is 24.2 Å². The molecule has 1 saturated heterocycles. The van der Waals surface area contributed by atoms with Crippen LogP contribution in [0.4, 0.5) is 0 Å². The minimum atomic E-state index is -5.20. The third kappa shape index (κ3) is 7.54. The Bertz CT molecular complexity index is 1220. The number of methoxy groups -OCH3 is 1. The van der Waals surface area contributed by atoms with Gasteiger partial charge in [-0.15, -0.1) is 0 Å². The van der Waals surface area contributed by atoms with Gasteiger partial charge >= 0.3 is 13.8 Å². The molecule has 13 nitrogen and oxygen atoms in total. The van der Waals surface area contributed by atoms with Crippen LogP contribution in [0.2, 0.25) is 0 Å². The van der Waals surface area contributed by atoms with E-state index >= 15 is 0 Å². The summed E-state index contributed by atoms with van der Waals surface area (Å²) in [5.41, 5.74) is 0.839. The van der Waals surface area contributed by atoms with Crippen LogP contribution in [0.25, 0.3) is 10.9 Å². The van der Waals surface area contributed by atoms with Crippen LogP contribution < -0.4 is 20.7 Å². The number of nitrogens with one attached hydrogen (secondary N) is 4. The monoisotopic (exact) mass is 538 g/mol. The van der Waals surface area contributed by atoms with E-state index in [4.69, 9.17) is 14.5 Å². The summed E-state index contributed by atoms with van der Waals surface area (Å²) >= 11 is 0. The van der Waals surface area contributed by atoms with Crippen molar-refractivity contribution in [2.75, 3.05) is 13.7 Å². The van der Waals surface area contributed by atoms with Crippen LogP contribution in [0.1, 0.15) is 43.6 Å². The van der Waals surface area contributed by atoms with Crippen LogP contribution in [0.5, 0.6) is 5.75 Å². The topological polar surface area (TPSA) is 196 Å². The molecule has 6 N–H and O–H groups in total. The number of rotatable bonds is 11. The number of hydrogen-bond donors (Lipinski definition) is 6. The van der Waals surface area contributed by atoms with Crippen molar-refractivity contribution in [3.05, 3.63) is 30.0 Å². The maximum Gasteiger partial charge on any atom is 0.527 e. The molecule has 0 bridgehead atoms. The van der Waals surface area contributed by atoms with E-state index in [2.05, 4.69) is 25.5 Å². The molecular weight excluding hydrogens is 507 g/mol. The van der Waals surface area contributed by atoms with E-state index in [1.54, 1.807) is 24.3 Å². The quantitative estimate of drug-likeness (QED) is 0.226. The van der Waals surface area contributed by atoms with Gasteiger partial charge in [0.1, 0.15) is 23.5 Å². The molecule has 202 valence electrons. The molecule has 0 spiro atoms. The number of carbonyl (C=O) groups excluding carboxylic acids is 4. The van der Waals surface area contributed by atoms with E-state index < -0.39 is 43.6 Å². The fourth-order valence-electron chi connectivity index (χ4n) is 4.19. The highest BCUT2D eigenvalue weighted by Crippen LogP contribution is 2.36. The molecule has 1 aliphatic heterocycles. The smallest absolute Gasteiger partial charge is 0.496 e. The average Bonchev–Trinajstić information content (AvgIpc) is 3.42. The summed E-state index contributed by atoms with van der Waals surface area (Å²) in [7, 11) is -3.69. The Balaban J connectivity index is 1.79. The SMILES string of the molecule is COc1cccc2[nH]c(C(=O)N[C@@H](CC(C)C)C(=O)N[C@@H](C[C@@H]3CCNC3=O)C(=O)OP(=O)(O)O)cc12. The molecule has 1 aromatic carbocycles. The standard InChI is InChI=1S/C23H31N4O9P/c1-12(2)9-16(26-22(30)17-11-14-15(25-17)5-4-6-19(14)35-3)21(29)27-18(23(31)36-37(32,33)34)10-13-7-8-24-20(13)28/h4-6,11-13,16,18,25H,7-10H2,1-3H3,(H,24,28)(H,26,30)(H,27,29)(H2,32,33,34)/t13-,16-,18-/m0/s1. The van der Waals surface area contributed by atoms with Gasteiger partial charge in [-0.05, 0) is 43.4 Å². The van der Waals surface area contributed by atoms with Gasteiger partial charge in [0.2, 0.25) is 11.8 Å². The second-order valence-electron chi connectivity index (χ2n) is 9.23. The number of hydrogen-bond acceptors (Lipinski definition) is 7. The number of ether oxygens (including phenoxy) is 1. The second-order valence-corrected chi connectivity index (χ2v) is 10.4. The average molecular weight is 538 g/mol. The van der Waals surface area contributed by atoms with Crippen molar-refractivity contribution in [2.24, 2.45) is 11.8 Å². The van der Waals surface area contributed by atoms with E-state index in [1.165, 1.54) is 7.11 Å². The maximum absolute atomic E-state index is 13.2. The number of phosphoric acid groups is 1. The molecule has 0 saturated carbocycles. The number of aromatic amines is 1. The molecule has 0 unspecified atom stereocenters. The lowest BCUT2D eigenvalue weighted by Gasteiger charge is -2.24. The highest BCUT2D eigenvalue weighted by atomic mass is 31.2. The first-order chi connectivity index (χ1) is 17.4. The van der Waals surface area contributed by atoms with Gasteiger partial charge in [0.15, 0.2) is 0 Å². The number of aromatic nitrogens is 1. The Hall–Kier alpha value is -3.41. The minimum Gasteiger partial charge on any atom is -0.496 e. The predicted octanol–water partition coefficient (Wildman–Crippen LogP) is 0.968. The van der Waals surface area contributed by atoms with Crippen LogP contribution in [0.15, 0.2) is 24.3 Å². The van der Waals surface area contributed by atoms with Crippen molar-refractivity contribution in [3.63, 3.8) is 0 Å². The molecule has 3 atom stereocenters. The lowest BCUT2D eigenvalue weighted by molar-refractivity contribution is -0.141. The van der Waals surface area contributed by atoms with Crippen molar-refractivity contribution in [1.82, 2.24) is 20.9 Å². The van der Waals surface area contributed by atoms with Gasteiger partial charge in [0.05, 0.1) is 7.11 Å². The molecule has 37 heavy (non-hydrogen) atoms. The van der Waals surface area contributed by atoms with Crippen LogP contribution in [0.3, 0.4) is 0 Å². The lowest BCUT2D eigenvalue weighted by Crippen LogP contribution is -2.53. The Morgan fingerprint density at radius 2 is 1.92 bits per heavy atom. The van der Waals surface area contributed by atoms with E-state index in [1.807, 2.05) is 13.8 Å². The second kappa shape index (κ2) is 11.8. The molecule has 0 aliphatic carbocycles. The minimum absolute atomic E-state index is 0.0417. The number of benzene rings is 1. The Kier molecular flexibility index (Phi) is 8.95. The van der Waals surface area contributed by atoms with Gasteiger partial charge in [-0.1, -0.05) is 19.9 Å². The van der Waals surface area contributed by atoms with Crippen LogP contribution in [-0.2, 0) is 23.5 Å². The highest BCUT2D eigenvalue weighted by Gasteiger charge is 2.36. The van der Waals surface area contributed by atoms with Gasteiger partial charge in [0.25, 0.3) is 5.91 Å². The summed E-state index contributed by atoms with van der Waals surface area (Å²) in [5, 5.41) is 8.34. The molecule has 2 aromatic rings. The first-order valence-corrected chi connectivity index (χ1v) is 13.2. The molecule has 3 rings (SSSR count). The number of fused-ring (bicyclic) bond motifs is 1. The fraction of sp³-hybridized carbons (Fsp3) is 0.478. The molecule has 1 fully saturated rings. The molecule has 1 aromatic heterocycles. The molecule has 0 radical (unpaired) electrons. The lowest BCUT2D eigenvalue weighted by atomic mass is 9.97. The van der Waals surface area contributed by atoms with Crippen molar-refractivity contribution < 1.29 is 42.8 Å². The van der Waals surface area contributed by atoms with E-state index in [9.17, 15) is 23.7 Å². The summed E-state index contributed by atoms with van der Waals surface area (Å²) in [5.74, 6) is -3.20. The molecule has 14 heteroatoms. The number of phosphoric ester groups is 1. The Labute approximate surface area is 212 Å². The van der Waals surface area contributed by atoms with E-state index in [-0.39, 0.29) is 30.4 Å². The zero-order chi connectivity index (χ0) is 27.3.